The van der Waals surface area contributed by atoms with Crippen molar-refractivity contribution in [2.75, 3.05) is 0 Å². The van der Waals surface area contributed by atoms with Crippen molar-refractivity contribution >= 4 is 11.8 Å². The quantitative estimate of drug-likeness (QED) is 0.378. The van der Waals surface area contributed by atoms with Crippen molar-refractivity contribution in [2.24, 2.45) is 0 Å². The minimum Gasteiger partial charge on any atom is -0.357 e. The van der Waals surface area contributed by atoms with Crippen molar-refractivity contribution in [3.63, 3.8) is 0 Å². The fraction of sp³-hybridized carbons (Fsp3) is 0.250. The number of ether oxygens (including phenoxy) is 1. The molecule has 0 saturated heterocycles. The van der Waals surface area contributed by atoms with Gasteiger partial charge in [-0.15, -0.1) is 0 Å². The number of nitrogens with one attached hydrogen (secondary N) is 1. The summed E-state index contributed by atoms with van der Waals surface area (Å²) in [5.41, 5.74) is 1.01. The SMILES string of the molecule is O=C1NC(=O)C2=C1C1C=CC2O1. The van der Waals surface area contributed by atoms with Crippen molar-refractivity contribution < 1.29 is 14.3 Å². The Bertz CT molecular complexity index is 334. The zero-order chi connectivity index (χ0) is 8.29. The van der Waals surface area contributed by atoms with Crippen LogP contribution in [0, 0.1) is 0 Å². The maximum atomic E-state index is 11.2. The molecule has 0 aliphatic carbocycles. The van der Waals surface area contributed by atoms with Crippen LogP contribution in [0.15, 0.2) is 23.3 Å². The molecule has 12 heavy (non-hydrogen) atoms. The summed E-state index contributed by atoms with van der Waals surface area (Å²) in [7, 11) is 0. The first-order valence-electron chi connectivity index (χ1n) is 3.71. The van der Waals surface area contributed by atoms with E-state index in [2.05, 4.69) is 5.32 Å². The Morgan fingerprint density at radius 1 is 1.08 bits per heavy atom. The summed E-state index contributed by atoms with van der Waals surface area (Å²) in [4.78, 5) is 22.3. The monoisotopic (exact) mass is 163 g/mol. The van der Waals surface area contributed by atoms with Gasteiger partial charge in [-0.25, -0.2) is 0 Å². The van der Waals surface area contributed by atoms with Crippen molar-refractivity contribution in [3.8, 4) is 0 Å². The molecule has 60 valence electrons. The Balaban J connectivity index is 2.20. The van der Waals surface area contributed by atoms with Gasteiger partial charge in [0.1, 0.15) is 12.2 Å². The van der Waals surface area contributed by atoms with Gasteiger partial charge >= 0.3 is 0 Å². The molecule has 0 radical (unpaired) electrons. The molecular formula is C8H5NO3. The van der Waals surface area contributed by atoms with E-state index in [1.165, 1.54) is 0 Å². The second-order valence-corrected chi connectivity index (χ2v) is 2.97. The third kappa shape index (κ3) is 0.494. The minimum absolute atomic E-state index is 0.281. The van der Waals surface area contributed by atoms with Gasteiger partial charge < -0.3 is 4.74 Å². The first-order valence-corrected chi connectivity index (χ1v) is 3.71. The molecule has 4 heteroatoms. The largest absolute Gasteiger partial charge is 0.357 e. The van der Waals surface area contributed by atoms with Crippen LogP contribution >= 0.6 is 0 Å². The molecule has 0 saturated carbocycles. The predicted molar refractivity (Wildman–Crippen MR) is 38.0 cm³/mol. The van der Waals surface area contributed by atoms with E-state index in [1.807, 2.05) is 12.2 Å². The van der Waals surface area contributed by atoms with Gasteiger partial charge in [-0.1, -0.05) is 12.2 Å². The molecule has 1 N–H and O–H groups in total. The third-order valence-electron chi connectivity index (χ3n) is 2.33. The first kappa shape index (κ1) is 6.14. The van der Waals surface area contributed by atoms with Crippen molar-refractivity contribution in [1.29, 1.82) is 0 Å². The maximum Gasteiger partial charge on any atom is 0.257 e. The summed E-state index contributed by atoms with van der Waals surface area (Å²) < 4.78 is 5.31. The van der Waals surface area contributed by atoms with Crippen LogP contribution in [-0.2, 0) is 14.3 Å². The topological polar surface area (TPSA) is 55.4 Å². The zero-order valence-electron chi connectivity index (χ0n) is 6.03. The average Bonchev–Trinajstić information content (AvgIpc) is 2.64. The molecule has 0 fully saturated rings. The molecule has 2 bridgehead atoms. The zero-order valence-corrected chi connectivity index (χ0v) is 6.03. The molecule has 3 heterocycles. The Morgan fingerprint density at radius 3 is 2.08 bits per heavy atom. The fourth-order valence-electron chi connectivity index (χ4n) is 1.83. The van der Waals surface area contributed by atoms with Gasteiger partial charge in [0.2, 0.25) is 0 Å². The number of hydrogen-bond acceptors (Lipinski definition) is 3. The van der Waals surface area contributed by atoms with Crippen LogP contribution in [0.25, 0.3) is 0 Å². The van der Waals surface area contributed by atoms with Crippen molar-refractivity contribution in [1.82, 2.24) is 5.32 Å². The number of carbonyl (C=O) groups excluding carboxylic acids is 2. The number of hydrogen-bond donors (Lipinski definition) is 1. The maximum absolute atomic E-state index is 11.2. The van der Waals surface area contributed by atoms with Crippen LogP contribution in [0.1, 0.15) is 0 Å². The number of fused-ring (bicyclic) bond motifs is 4. The average molecular weight is 163 g/mol. The van der Waals surface area contributed by atoms with E-state index in [9.17, 15) is 9.59 Å². The Hall–Kier alpha value is -1.42. The Morgan fingerprint density at radius 2 is 1.58 bits per heavy atom. The fourth-order valence-corrected chi connectivity index (χ4v) is 1.83. The number of imide groups is 1. The van der Waals surface area contributed by atoms with E-state index in [1.54, 1.807) is 0 Å². The number of rotatable bonds is 0. The summed E-state index contributed by atoms with van der Waals surface area (Å²) in [6, 6.07) is 0. The summed E-state index contributed by atoms with van der Waals surface area (Å²) in [6.45, 7) is 0. The van der Waals surface area contributed by atoms with Crippen molar-refractivity contribution in [3.05, 3.63) is 23.3 Å². The molecule has 3 rings (SSSR count). The molecule has 0 aromatic carbocycles. The van der Waals surface area contributed by atoms with Gasteiger partial charge in [0.15, 0.2) is 0 Å². The van der Waals surface area contributed by atoms with Gasteiger partial charge in [-0.3, -0.25) is 14.9 Å². The van der Waals surface area contributed by atoms with E-state index < -0.39 is 0 Å². The third-order valence-corrected chi connectivity index (χ3v) is 2.33. The second-order valence-electron chi connectivity index (χ2n) is 2.97. The summed E-state index contributed by atoms with van der Waals surface area (Å²) >= 11 is 0. The summed E-state index contributed by atoms with van der Waals surface area (Å²) in [5.74, 6) is -0.598. The molecule has 2 amide bonds. The van der Waals surface area contributed by atoms with Crippen LogP contribution in [0.4, 0.5) is 0 Å². The van der Waals surface area contributed by atoms with E-state index in [4.69, 9.17) is 4.74 Å². The standard InChI is InChI=1S/C8H5NO3/c10-7-5-3-1-2-4(12-3)6(5)8(11)9-7/h1-4H,(H,9,10,11). The normalized spacial score (nSPS) is 36.3. The van der Waals surface area contributed by atoms with E-state index in [-0.39, 0.29) is 24.0 Å². The molecule has 0 spiro atoms. The Kier molecular flexibility index (Phi) is 0.851. The lowest BCUT2D eigenvalue weighted by Crippen LogP contribution is -2.28. The molecule has 3 aliphatic heterocycles. The van der Waals surface area contributed by atoms with Crippen LogP contribution in [-0.4, -0.2) is 24.0 Å². The Labute approximate surface area is 67.9 Å². The molecule has 0 aromatic heterocycles. The number of amides is 2. The minimum atomic E-state index is -0.299. The highest BCUT2D eigenvalue weighted by Gasteiger charge is 2.47. The predicted octanol–water partition coefficient (Wildman–Crippen LogP) is -0.723. The molecule has 3 aliphatic rings. The lowest BCUT2D eigenvalue weighted by Gasteiger charge is -2.04. The van der Waals surface area contributed by atoms with Gasteiger partial charge in [0.05, 0.1) is 11.1 Å². The highest BCUT2D eigenvalue weighted by molar-refractivity contribution is 6.21. The van der Waals surface area contributed by atoms with Crippen LogP contribution in [0.2, 0.25) is 0 Å². The molecule has 2 atom stereocenters. The lowest BCUT2D eigenvalue weighted by molar-refractivity contribution is -0.125. The van der Waals surface area contributed by atoms with Gasteiger partial charge in [0.25, 0.3) is 11.8 Å². The van der Waals surface area contributed by atoms with Gasteiger partial charge in [-0.05, 0) is 0 Å². The second kappa shape index (κ2) is 1.67. The number of carbonyl (C=O) groups is 2. The first-order chi connectivity index (χ1) is 5.77. The van der Waals surface area contributed by atoms with Crippen LogP contribution < -0.4 is 5.32 Å². The lowest BCUT2D eigenvalue weighted by atomic mass is 9.99. The van der Waals surface area contributed by atoms with Crippen LogP contribution in [0.3, 0.4) is 0 Å². The highest BCUT2D eigenvalue weighted by Crippen LogP contribution is 2.36. The van der Waals surface area contributed by atoms with E-state index in [0.29, 0.717) is 11.1 Å². The molecule has 2 unspecified atom stereocenters. The van der Waals surface area contributed by atoms with E-state index >= 15 is 0 Å². The van der Waals surface area contributed by atoms with Crippen LogP contribution in [0.5, 0.6) is 0 Å². The molecule has 0 aromatic rings. The molecule has 4 nitrogen and oxygen atoms in total. The van der Waals surface area contributed by atoms with Gasteiger partial charge in [-0.2, -0.15) is 0 Å². The van der Waals surface area contributed by atoms with Gasteiger partial charge in [0, 0.05) is 0 Å². The summed E-state index contributed by atoms with van der Waals surface area (Å²) in [6.07, 6.45) is 3.05. The smallest absolute Gasteiger partial charge is 0.257 e. The van der Waals surface area contributed by atoms with E-state index in [0.717, 1.165) is 0 Å². The summed E-state index contributed by atoms with van der Waals surface area (Å²) in [5, 5.41) is 2.25. The highest BCUT2D eigenvalue weighted by atomic mass is 16.5. The molecular weight excluding hydrogens is 158 g/mol. The van der Waals surface area contributed by atoms with Crippen molar-refractivity contribution in [2.45, 2.75) is 12.2 Å².